The number of aromatic nitrogens is 8. The van der Waals surface area contributed by atoms with Crippen LogP contribution >= 0.6 is 0 Å². The summed E-state index contributed by atoms with van der Waals surface area (Å²) >= 11 is 0. The molecule has 7 aromatic carbocycles. The van der Waals surface area contributed by atoms with Crippen LogP contribution in [0.3, 0.4) is 0 Å². The molecule has 0 spiro atoms. The van der Waals surface area contributed by atoms with Gasteiger partial charge in [-0.05, 0) is 208 Å². The Labute approximate surface area is 812 Å². The van der Waals surface area contributed by atoms with Crippen molar-refractivity contribution in [2.75, 3.05) is 105 Å². The number of hydrogen-bond donors (Lipinski definition) is 11. The van der Waals surface area contributed by atoms with Crippen LogP contribution in [-0.2, 0) is 0 Å². The van der Waals surface area contributed by atoms with Crippen LogP contribution in [0, 0.1) is 46.3 Å². The van der Waals surface area contributed by atoms with E-state index in [1.807, 2.05) is 112 Å². The number of anilines is 14. The van der Waals surface area contributed by atoms with E-state index >= 15 is 0 Å². The van der Waals surface area contributed by atoms with E-state index < -0.39 is 18.3 Å². The van der Waals surface area contributed by atoms with Gasteiger partial charge in [0.25, 0.3) is 22.2 Å². The van der Waals surface area contributed by atoms with Gasteiger partial charge in [0.2, 0.25) is 17.6 Å². The third-order valence-corrected chi connectivity index (χ3v) is 21.3. The van der Waals surface area contributed by atoms with Crippen molar-refractivity contribution in [3.63, 3.8) is 0 Å². The number of hydrogen-bond acceptors (Lipinski definition) is 34. The number of benzene rings is 7. The number of aromatic amines is 4. The van der Waals surface area contributed by atoms with Crippen LogP contribution in [-0.4, -0.2) is 121 Å². The highest BCUT2D eigenvalue weighted by atomic mass is 19.4. The van der Waals surface area contributed by atoms with Gasteiger partial charge in [0.15, 0.2) is 38.4 Å². The number of nitrogens with zero attached hydrogens (tertiary/aromatic N) is 18. The molecule has 0 bridgehead atoms. The third-order valence-electron chi connectivity index (χ3n) is 21.3. The zero-order valence-corrected chi connectivity index (χ0v) is 78.0. The van der Waals surface area contributed by atoms with Crippen LogP contribution in [0.1, 0.15) is 27.9 Å². The summed E-state index contributed by atoms with van der Waals surface area (Å²) in [5, 5.41) is 25.9. The number of ether oxygens (including phenoxy) is 5. The summed E-state index contributed by atoms with van der Waals surface area (Å²) in [7, 11) is 4.58. The number of H-pyrrole nitrogens is 4. The molecular formula is C99H85F8N29O9. The van der Waals surface area contributed by atoms with E-state index in [1.165, 1.54) is 80.4 Å². The van der Waals surface area contributed by atoms with Crippen molar-refractivity contribution in [3.8, 4) is 40.3 Å². The summed E-state index contributed by atoms with van der Waals surface area (Å²) in [6.07, 6.45) is -7.63. The molecule has 15 heterocycles. The van der Waals surface area contributed by atoms with Gasteiger partial charge >= 0.3 is 12.7 Å². The van der Waals surface area contributed by atoms with Gasteiger partial charge in [0, 0.05) is 57.6 Å². The Morgan fingerprint density at radius 1 is 0.290 bits per heavy atom. The number of halogens is 8. The van der Waals surface area contributed by atoms with Crippen LogP contribution in [0.25, 0.3) is 11.1 Å². The smallest absolute Gasteiger partial charge is 0.479 e. The minimum Gasteiger partial charge on any atom is -0.479 e. The van der Waals surface area contributed by atoms with Gasteiger partial charge in [-0.2, -0.15) is 15.0 Å². The molecule has 0 radical (unpaired) electrons. The van der Waals surface area contributed by atoms with Gasteiger partial charge in [-0.25, -0.2) is 43.7 Å². The lowest BCUT2D eigenvalue weighted by Crippen LogP contribution is -2.33. The number of methoxy groups -OCH3 is 3. The lowest BCUT2D eigenvalue weighted by Gasteiger charge is -2.11. The monoisotopic (exact) mass is 1980 g/mol. The molecule has 145 heavy (non-hydrogen) atoms. The zero-order valence-electron chi connectivity index (χ0n) is 78.0. The van der Waals surface area contributed by atoms with Crippen LogP contribution in [0.5, 0.6) is 29.1 Å². The van der Waals surface area contributed by atoms with Crippen molar-refractivity contribution in [1.82, 2.24) is 39.9 Å². The topological polar surface area (TPSA) is 486 Å². The Kier molecular flexibility index (Phi) is 30.5. The van der Waals surface area contributed by atoms with Crippen LogP contribution in [0.15, 0.2) is 308 Å². The van der Waals surface area contributed by atoms with Gasteiger partial charge in [-0.3, -0.25) is 59.1 Å². The normalized spacial score (nSPS) is 12.6. The maximum absolute atomic E-state index is 13.9. The number of fused-ring (bicyclic) bond motifs is 7. The van der Waals surface area contributed by atoms with E-state index in [1.54, 1.807) is 62.6 Å². The number of aryl methyl sites for hydroxylation is 5. The molecule has 7 aliphatic heterocycles. The molecule has 0 atom stereocenters. The molecule has 15 aromatic rings. The van der Waals surface area contributed by atoms with Gasteiger partial charge < -0.3 is 80.8 Å². The fourth-order valence-electron chi connectivity index (χ4n) is 14.3. The van der Waals surface area contributed by atoms with E-state index in [9.17, 15) is 54.3 Å². The molecule has 46 heteroatoms. The molecular weight excluding hydrogens is 1890 g/mol. The molecule has 8 aromatic heterocycles. The average Bonchev–Trinajstić information content (AvgIpc) is 1.75. The summed E-state index contributed by atoms with van der Waals surface area (Å²) in [4.78, 5) is 133. The molecule has 0 amide bonds. The van der Waals surface area contributed by atoms with Gasteiger partial charge in [0.05, 0.1) is 27.0 Å². The molecule has 0 fully saturated rings. The quantitative estimate of drug-likeness (QED) is 0.0317. The summed E-state index contributed by atoms with van der Waals surface area (Å²) in [6.45, 7) is 12.0. The van der Waals surface area contributed by atoms with E-state index in [2.05, 4.69) is 176 Å². The average molecular weight is 1980 g/mol. The second-order valence-electron chi connectivity index (χ2n) is 31.8. The maximum Gasteiger partial charge on any atom is 0.573 e. The van der Waals surface area contributed by atoms with Crippen molar-refractivity contribution in [2.24, 2.45) is 69.9 Å². The lowest BCUT2D eigenvalue weighted by molar-refractivity contribution is -0.275. The first kappa shape index (κ1) is 99.2. The van der Waals surface area contributed by atoms with Gasteiger partial charge in [-0.15, -0.1) is 26.3 Å². The fourth-order valence-corrected chi connectivity index (χ4v) is 14.3. The number of nitrogens with one attached hydrogen (secondary N) is 11. The van der Waals surface area contributed by atoms with Crippen LogP contribution < -0.4 is 159 Å². The van der Waals surface area contributed by atoms with Crippen molar-refractivity contribution in [3.05, 3.63) is 375 Å². The lowest BCUT2D eigenvalue weighted by atomic mass is 10.1. The van der Waals surface area contributed by atoms with Crippen LogP contribution in [0.4, 0.5) is 115 Å². The minimum atomic E-state index is -4.77. The van der Waals surface area contributed by atoms with E-state index in [0.717, 1.165) is 67.5 Å². The number of pyridine rings is 8. The summed E-state index contributed by atoms with van der Waals surface area (Å²) in [5.41, 5.74) is 17.2. The highest BCUT2D eigenvalue weighted by Crippen LogP contribution is 2.32. The Hall–Kier alpha value is -18.8. The van der Waals surface area contributed by atoms with Crippen LogP contribution in [0.2, 0.25) is 0 Å². The molecule has 0 saturated heterocycles. The third kappa shape index (κ3) is 26.2. The second kappa shape index (κ2) is 44.5. The first-order valence-electron chi connectivity index (χ1n) is 43.9. The molecule has 11 N–H and O–H groups in total. The van der Waals surface area contributed by atoms with E-state index in [4.69, 9.17) is 14.2 Å². The highest BCUT2D eigenvalue weighted by molar-refractivity contribution is 5.71. The Morgan fingerprint density at radius 2 is 0.628 bits per heavy atom. The highest BCUT2D eigenvalue weighted by Gasteiger charge is 2.32. The number of rotatable bonds is 20. The van der Waals surface area contributed by atoms with Crippen molar-refractivity contribution < 1.29 is 58.8 Å². The SMILES string of the molecule is COc1nc2c(cc1Nc1ccc(C)cc1F)=NCN=2.COc1nc2c(cc1Nc1ccc(OC(F)(F)F)cc1)=NCN=2.COc1nc2c(cc1Nc1cccc(C)c1)=NCN=2.Cc1ccc(-c2ccc(Nc3cc4c([nH]c3=O)=NCN=4)cc2)cn1.Cc1ccc(Nc2cc3c([nH]c2=O)=NCN=3)cc1F.Cc1cccc(Nc2cc3c([nH]c2=O)=NCN=3)c1.O=c1[nH]c2c(cc1Nc1cccc(OC(F)(F)F)c1)=NCN=2. The zero-order chi connectivity index (χ0) is 102. The molecule has 38 nitrogen and oxygen atoms in total. The largest absolute Gasteiger partial charge is 0.573 e. The van der Waals surface area contributed by atoms with Gasteiger partial charge in [-0.1, -0.05) is 60.7 Å². The first-order valence-corrected chi connectivity index (χ1v) is 43.9. The molecule has 22 rings (SSSR count). The molecule has 0 aliphatic carbocycles. The van der Waals surface area contributed by atoms with Crippen molar-refractivity contribution in [2.45, 2.75) is 47.3 Å². The molecule has 0 unspecified atom stereocenters. The summed E-state index contributed by atoms with van der Waals surface area (Å²) in [5.74, 6) is -0.104. The molecule has 7 aliphatic rings. The summed E-state index contributed by atoms with van der Waals surface area (Å²) in [6, 6.07) is 60.0. The van der Waals surface area contributed by atoms with E-state index in [-0.39, 0.29) is 57.9 Å². The summed E-state index contributed by atoms with van der Waals surface area (Å²) < 4.78 is 124. The van der Waals surface area contributed by atoms with Gasteiger partial charge in [0.1, 0.15) is 147 Å². The minimum absolute atomic E-state index is 0.156. The van der Waals surface area contributed by atoms with Crippen molar-refractivity contribution >= 4 is 79.6 Å². The number of alkyl halides is 6. The fraction of sp³-hybridized carbons (Fsp3) is 0.172. The molecule has 736 valence electrons. The predicted octanol–water partition coefficient (Wildman–Crippen LogP) is 9.13. The maximum atomic E-state index is 13.9. The standard InChI is InChI=1S/C18H15N5O.C14H11F3N4O2.C14H13FN4O.C14H14N4O.C13H9F3N4O2.C13H11FN4O.C13H12N4O/c1-11-2-3-13(9-19-11)12-4-6-14(7-5-12)22-16-8-15-17(21-10-20-15)23-18(16)24;1-22-13-11(6-10-12(21-13)19-7-18-10)20-8-2-4-9(5-3-8)23-14(15,16)17;1-8-3-4-10(9(15)5-8)18-12-6-11-13(17-7-16-11)19-14(12)20-2;1-9-4-3-5-10(6-9)17-12-7-11-13(16-8-15-11)18-14(12)19-2;14-13(15,16)22-8-3-1-2-7(4-8)19-10-5-9-11(18-6-17-9)20-12(10)21;1-7-2-3-8(4-9(7)14)17-11-5-10-12(16-6-15-10)18-13(11)19;1-8-3-2-4-9(5-8)16-11-6-10-12(15-7-14-10)17-13(11)18/h2-9,22H,10H2,1H3,(H,21,23,24);2-6,20H,7H2,1H3;3-6,18H,7H2,1-2H3;3-7,17H,8H2,1-2H3;1-5,19H,6H2,(H,18,20,21);2-5,17H,6H2,1H3,(H,16,18,19);2-6,16H,7H2,1H3,(H,15,17,18). The predicted molar refractivity (Wildman–Crippen MR) is 519 cm³/mol. The second-order valence-corrected chi connectivity index (χ2v) is 31.8. The first-order chi connectivity index (χ1) is 69.8. The molecule has 0 saturated carbocycles. The van der Waals surface area contributed by atoms with Crippen molar-refractivity contribution in [1.29, 1.82) is 0 Å². The Morgan fingerprint density at radius 3 is 1.02 bits per heavy atom. The van der Waals surface area contributed by atoms with E-state index in [0.29, 0.717) is 174 Å². The Balaban J connectivity index is 0.000000121. The Bertz CT molecular complexity index is 8760.